The molecule has 1 fully saturated rings. The molecule has 32 heavy (non-hydrogen) atoms. The quantitative estimate of drug-likeness (QED) is 0.520. The van der Waals surface area contributed by atoms with E-state index in [9.17, 15) is 19.8 Å². The zero-order chi connectivity index (χ0) is 22.3. The van der Waals surface area contributed by atoms with Gasteiger partial charge in [-0.1, -0.05) is 13.0 Å². The molecule has 1 aliphatic rings. The first-order valence-electron chi connectivity index (χ1n) is 10.4. The Morgan fingerprint density at radius 2 is 2.06 bits per heavy atom. The molecule has 0 saturated carbocycles. The summed E-state index contributed by atoms with van der Waals surface area (Å²) in [4.78, 5) is 28.7. The van der Waals surface area contributed by atoms with Crippen LogP contribution >= 0.6 is 12.4 Å². The summed E-state index contributed by atoms with van der Waals surface area (Å²) in [5.41, 5.74) is 2.40. The van der Waals surface area contributed by atoms with E-state index in [2.05, 4.69) is 20.5 Å². The highest BCUT2D eigenvalue weighted by molar-refractivity contribution is 5.92. The maximum atomic E-state index is 12.3. The Hall–Kier alpha value is -2.81. The van der Waals surface area contributed by atoms with Crippen molar-refractivity contribution in [3.8, 4) is 17.0 Å². The number of hydrogen-bond donors (Lipinski definition) is 3. The highest BCUT2D eigenvalue weighted by atomic mass is 35.5. The Balaban J connectivity index is 0.00000289. The van der Waals surface area contributed by atoms with Crippen LogP contribution in [-0.2, 0) is 24.8 Å². The molecule has 1 saturated heterocycles. The lowest BCUT2D eigenvalue weighted by Crippen LogP contribution is -2.23. The Kier molecular flexibility index (Phi) is 6.97. The number of H-pyrrole nitrogens is 1. The fraction of sp³-hybridized carbons (Fsp3) is 0.391. The summed E-state index contributed by atoms with van der Waals surface area (Å²) in [5, 5.41) is 20.7. The maximum Gasteiger partial charge on any atom is 0.345 e. The molecule has 2 aromatic heterocycles. The van der Waals surface area contributed by atoms with Crippen LogP contribution in [0.3, 0.4) is 0 Å². The van der Waals surface area contributed by atoms with Crippen LogP contribution in [0.4, 0.5) is 0 Å². The van der Waals surface area contributed by atoms with Crippen LogP contribution in [-0.4, -0.2) is 56.9 Å². The first kappa shape index (κ1) is 23.8. The van der Waals surface area contributed by atoms with Gasteiger partial charge < -0.3 is 24.5 Å². The predicted molar refractivity (Wildman–Crippen MR) is 125 cm³/mol. The van der Waals surface area contributed by atoms with E-state index < -0.39 is 22.8 Å². The monoisotopic (exact) mass is 461 g/mol. The number of ether oxygens (including phenoxy) is 1. The number of hydrogen-bond acceptors (Lipinski definition) is 5. The highest BCUT2D eigenvalue weighted by Crippen LogP contribution is 2.32. The molecule has 3 heterocycles. The molecule has 8 nitrogen and oxygen atoms in total. The number of carboxylic acid groups (broad SMARTS) is 1. The summed E-state index contributed by atoms with van der Waals surface area (Å²) in [6, 6.07) is 7.96. The van der Waals surface area contributed by atoms with Gasteiger partial charge in [0.25, 0.3) is 5.56 Å². The zero-order valence-corrected chi connectivity index (χ0v) is 19.2. The molecule has 0 bridgehead atoms. The number of aromatic carboxylic acids is 1. The molecular weight excluding hydrogens is 434 g/mol. The number of aryl methyl sites for hydroxylation is 1. The number of pyridine rings is 1. The van der Waals surface area contributed by atoms with Crippen LogP contribution in [0.15, 0.2) is 29.1 Å². The van der Waals surface area contributed by atoms with E-state index in [4.69, 9.17) is 4.74 Å². The first-order chi connectivity index (χ1) is 14.8. The van der Waals surface area contributed by atoms with Crippen molar-refractivity contribution in [2.45, 2.75) is 32.4 Å². The van der Waals surface area contributed by atoms with Crippen molar-refractivity contribution in [2.24, 2.45) is 7.05 Å². The number of nitrogens with zero attached hydrogens (tertiary/aromatic N) is 2. The molecule has 172 valence electrons. The van der Waals surface area contributed by atoms with Crippen molar-refractivity contribution >= 4 is 29.3 Å². The van der Waals surface area contributed by atoms with Gasteiger partial charge in [0.1, 0.15) is 5.75 Å². The summed E-state index contributed by atoms with van der Waals surface area (Å²) in [6.45, 7) is 4.55. The van der Waals surface area contributed by atoms with Gasteiger partial charge in [-0.3, -0.25) is 9.69 Å². The Morgan fingerprint density at radius 3 is 2.69 bits per heavy atom. The third-order valence-electron chi connectivity index (χ3n) is 6.24. The standard InChI is InChI=1S/C23H27N3O5.ClH/c1-4-17-20(24-22(28)19(21(17)27)23(29)30)13-5-6-18-14(9-13)10-15(25(18)2)11-26-8-7-16(12-26)31-3;/h5-6,9-10,16H,4,7-8,11-12H2,1-3H3,(H,29,30)(H2,24,27,28);1H. The minimum atomic E-state index is -1.44. The molecule has 0 spiro atoms. The van der Waals surface area contributed by atoms with Gasteiger partial charge in [-0.2, -0.15) is 0 Å². The lowest BCUT2D eigenvalue weighted by Gasteiger charge is -2.16. The van der Waals surface area contributed by atoms with E-state index in [0.717, 1.165) is 42.5 Å². The number of aromatic nitrogens is 2. The number of carbonyl (C=O) groups is 1. The minimum Gasteiger partial charge on any atom is -0.506 e. The molecule has 1 aromatic carbocycles. The average molecular weight is 462 g/mol. The number of aromatic hydroxyl groups is 1. The van der Waals surface area contributed by atoms with E-state index >= 15 is 0 Å². The van der Waals surface area contributed by atoms with Gasteiger partial charge in [-0.05, 0) is 36.6 Å². The second-order valence-corrected chi connectivity index (χ2v) is 8.04. The largest absolute Gasteiger partial charge is 0.506 e. The van der Waals surface area contributed by atoms with Gasteiger partial charge in [0.2, 0.25) is 0 Å². The topological polar surface area (TPSA) is 108 Å². The van der Waals surface area contributed by atoms with Crippen molar-refractivity contribution in [1.29, 1.82) is 0 Å². The van der Waals surface area contributed by atoms with Gasteiger partial charge in [0.15, 0.2) is 5.56 Å². The zero-order valence-electron chi connectivity index (χ0n) is 18.3. The summed E-state index contributed by atoms with van der Waals surface area (Å²) >= 11 is 0. The SMILES string of the molecule is CCc1c(-c2ccc3c(c2)cc(CN2CCC(OC)C2)n3C)[nH]c(=O)c(C(=O)O)c1O.Cl. The molecular formula is C23H28ClN3O5. The van der Waals surface area contributed by atoms with E-state index in [1.807, 2.05) is 32.2 Å². The fourth-order valence-electron chi connectivity index (χ4n) is 4.49. The number of carboxylic acids is 1. The van der Waals surface area contributed by atoms with Crippen LogP contribution < -0.4 is 5.56 Å². The molecule has 9 heteroatoms. The number of fused-ring (bicyclic) bond motifs is 1. The second kappa shape index (κ2) is 9.36. The smallest absolute Gasteiger partial charge is 0.345 e. The molecule has 3 N–H and O–H groups in total. The van der Waals surface area contributed by atoms with Crippen molar-refractivity contribution in [2.75, 3.05) is 20.2 Å². The molecule has 3 aromatic rings. The lowest BCUT2D eigenvalue weighted by molar-refractivity contribution is 0.0691. The number of likely N-dealkylation sites (tertiary alicyclic amines) is 1. The Labute approximate surface area is 191 Å². The van der Waals surface area contributed by atoms with Gasteiger partial charge in [-0.25, -0.2) is 4.79 Å². The normalized spacial score (nSPS) is 16.4. The predicted octanol–water partition coefficient (Wildman–Crippen LogP) is 3.14. The van der Waals surface area contributed by atoms with Gasteiger partial charge in [0, 0.05) is 56.0 Å². The van der Waals surface area contributed by atoms with Gasteiger partial charge in [0.05, 0.1) is 11.8 Å². The number of aromatic amines is 1. The molecule has 4 rings (SSSR count). The highest BCUT2D eigenvalue weighted by Gasteiger charge is 2.24. The van der Waals surface area contributed by atoms with Crippen LogP contribution in [0.1, 0.15) is 35.0 Å². The average Bonchev–Trinajstić information content (AvgIpc) is 3.31. The second-order valence-electron chi connectivity index (χ2n) is 8.04. The summed E-state index contributed by atoms with van der Waals surface area (Å²) < 4.78 is 7.62. The van der Waals surface area contributed by atoms with Crippen LogP contribution in [0, 0.1) is 0 Å². The van der Waals surface area contributed by atoms with E-state index in [0.29, 0.717) is 17.7 Å². The van der Waals surface area contributed by atoms with Gasteiger partial charge >= 0.3 is 5.97 Å². The van der Waals surface area contributed by atoms with Crippen molar-refractivity contribution < 1.29 is 19.7 Å². The van der Waals surface area contributed by atoms with Gasteiger partial charge in [-0.15, -0.1) is 12.4 Å². The molecule has 0 radical (unpaired) electrons. The minimum absolute atomic E-state index is 0. The molecule has 0 aliphatic carbocycles. The van der Waals surface area contributed by atoms with Crippen LogP contribution in [0.25, 0.3) is 22.2 Å². The third-order valence-corrected chi connectivity index (χ3v) is 6.24. The van der Waals surface area contributed by atoms with Crippen molar-refractivity contribution in [3.05, 3.63) is 51.4 Å². The number of methoxy groups -OCH3 is 1. The number of nitrogens with one attached hydrogen (secondary N) is 1. The van der Waals surface area contributed by atoms with Crippen LogP contribution in [0.2, 0.25) is 0 Å². The first-order valence-corrected chi connectivity index (χ1v) is 10.4. The number of benzene rings is 1. The lowest BCUT2D eigenvalue weighted by atomic mass is 9.99. The summed E-state index contributed by atoms with van der Waals surface area (Å²) in [6.07, 6.45) is 1.70. The molecule has 0 amide bonds. The number of rotatable bonds is 6. The maximum absolute atomic E-state index is 12.3. The summed E-state index contributed by atoms with van der Waals surface area (Å²) in [7, 11) is 3.79. The van der Waals surface area contributed by atoms with Crippen molar-refractivity contribution in [3.63, 3.8) is 0 Å². The van der Waals surface area contributed by atoms with E-state index in [1.165, 1.54) is 5.69 Å². The Bertz CT molecular complexity index is 1220. The van der Waals surface area contributed by atoms with E-state index in [-0.39, 0.29) is 18.5 Å². The third kappa shape index (κ3) is 4.13. The fourth-order valence-corrected chi connectivity index (χ4v) is 4.49. The molecule has 1 aliphatic heterocycles. The molecule has 1 unspecified atom stereocenters. The van der Waals surface area contributed by atoms with Crippen LogP contribution in [0.5, 0.6) is 5.75 Å². The van der Waals surface area contributed by atoms with E-state index in [1.54, 1.807) is 7.11 Å². The Morgan fingerprint density at radius 1 is 1.31 bits per heavy atom. The summed E-state index contributed by atoms with van der Waals surface area (Å²) in [5.74, 6) is -1.91. The number of halogens is 1. The van der Waals surface area contributed by atoms with Crippen molar-refractivity contribution in [1.82, 2.24) is 14.5 Å². The molecule has 1 atom stereocenters.